The summed E-state index contributed by atoms with van der Waals surface area (Å²) >= 11 is 0. The first-order valence-electron chi connectivity index (χ1n) is 7.49. The Morgan fingerprint density at radius 2 is 1.71 bits per heavy atom. The predicted octanol–water partition coefficient (Wildman–Crippen LogP) is 1.65. The van der Waals surface area contributed by atoms with E-state index in [0.717, 1.165) is 37.4 Å². The van der Waals surface area contributed by atoms with Crippen LogP contribution in [0.25, 0.3) is 0 Å². The molecule has 0 aliphatic carbocycles. The summed E-state index contributed by atoms with van der Waals surface area (Å²) in [4.78, 5) is 32.0. The molecule has 5 nitrogen and oxygen atoms in total. The van der Waals surface area contributed by atoms with Gasteiger partial charge in [0, 0.05) is 37.4 Å². The molecule has 1 aliphatic rings. The molecule has 21 heavy (non-hydrogen) atoms. The van der Waals surface area contributed by atoms with E-state index in [-0.39, 0.29) is 17.6 Å². The molecule has 2 rings (SSSR count). The predicted molar refractivity (Wildman–Crippen MR) is 83.1 cm³/mol. The molecule has 0 aromatic carbocycles. The fraction of sp³-hybridized carbons (Fsp3) is 0.625. The number of aromatic amines is 1. The number of aryl methyl sites for hydroxylation is 1. The maximum Gasteiger partial charge on any atom is 0.196 e. The molecule has 0 amide bonds. The third-order valence-corrected chi connectivity index (χ3v) is 4.50. The number of ketones is 2. The molecule has 0 radical (unpaired) electrons. The Hall–Kier alpha value is -1.46. The van der Waals surface area contributed by atoms with E-state index in [2.05, 4.69) is 21.8 Å². The monoisotopic (exact) mass is 291 g/mol. The Bertz CT molecular complexity index is 554. The maximum absolute atomic E-state index is 12.7. The van der Waals surface area contributed by atoms with Crippen molar-refractivity contribution in [2.45, 2.75) is 33.7 Å². The summed E-state index contributed by atoms with van der Waals surface area (Å²) in [5, 5.41) is 0. The Kier molecular flexibility index (Phi) is 4.64. The first-order valence-corrected chi connectivity index (χ1v) is 7.49. The summed E-state index contributed by atoms with van der Waals surface area (Å²) in [5.41, 5.74) is 2.81. The van der Waals surface area contributed by atoms with Crippen LogP contribution in [-0.4, -0.2) is 65.6 Å². The number of H-pyrrole nitrogens is 1. The van der Waals surface area contributed by atoms with E-state index in [0.29, 0.717) is 11.3 Å². The van der Waals surface area contributed by atoms with Gasteiger partial charge in [-0.3, -0.25) is 14.5 Å². The van der Waals surface area contributed by atoms with Crippen LogP contribution in [0.3, 0.4) is 0 Å². The normalized spacial score (nSPS) is 18.7. The molecule has 1 fully saturated rings. The van der Waals surface area contributed by atoms with E-state index in [1.54, 1.807) is 6.92 Å². The molecule has 1 aromatic rings. The highest BCUT2D eigenvalue weighted by molar-refractivity contribution is 6.05. The van der Waals surface area contributed by atoms with Gasteiger partial charge in [0.25, 0.3) is 0 Å². The molecule has 5 heteroatoms. The van der Waals surface area contributed by atoms with E-state index in [1.807, 2.05) is 20.8 Å². The minimum absolute atomic E-state index is 0.00699. The van der Waals surface area contributed by atoms with Crippen LogP contribution in [0, 0.1) is 13.8 Å². The fourth-order valence-corrected chi connectivity index (χ4v) is 3.11. The van der Waals surface area contributed by atoms with Crippen molar-refractivity contribution < 1.29 is 9.59 Å². The molecular formula is C16H25N3O2. The minimum atomic E-state index is -0.157. The van der Waals surface area contributed by atoms with Crippen LogP contribution < -0.4 is 0 Å². The standard InChI is InChI=1S/C16H25N3O2/c1-10-14(13(4)20)11(2)17-15(10)16(21)12(3)19-8-6-18(5)7-9-19/h12,17H,6-9H2,1-5H3/t12-/m1/s1. The zero-order chi connectivity index (χ0) is 15.7. The zero-order valence-electron chi connectivity index (χ0n) is 13.6. The number of carbonyl (C=O) groups is 2. The second kappa shape index (κ2) is 6.12. The summed E-state index contributed by atoms with van der Waals surface area (Å²) in [6.07, 6.45) is 0. The number of Topliss-reactive ketones (excluding diaryl/α,β-unsaturated/α-hetero) is 2. The third kappa shape index (κ3) is 3.09. The first-order chi connectivity index (χ1) is 9.82. The number of rotatable bonds is 4. The number of hydrogen-bond donors (Lipinski definition) is 1. The van der Waals surface area contributed by atoms with Gasteiger partial charge in [-0.2, -0.15) is 0 Å². The van der Waals surface area contributed by atoms with Gasteiger partial charge in [-0.1, -0.05) is 0 Å². The van der Waals surface area contributed by atoms with Gasteiger partial charge in [-0.05, 0) is 40.3 Å². The second-order valence-electron chi connectivity index (χ2n) is 6.06. The lowest BCUT2D eigenvalue weighted by Gasteiger charge is -2.35. The quantitative estimate of drug-likeness (QED) is 0.857. The molecule has 1 atom stereocenters. The lowest BCUT2D eigenvalue weighted by molar-refractivity contribution is 0.0733. The van der Waals surface area contributed by atoms with E-state index >= 15 is 0 Å². The molecule has 0 bridgehead atoms. The Morgan fingerprint density at radius 1 is 1.14 bits per heavy atom. The van der Waals surface area contributed by atoms with Gasteiger partial charge in [0.1, 0.15) is 0 Å². The highest BCUT2D eigenvalue weighted by Gasteiger charge is 2.28. The first kappa shape index (κ1) is 15.9. The van der Waals surface area contributed by atoms with Gasteiger partial charge < -0.3 is 9.88 Å². The van der Waals surface area contributed by atoms with Crippen molar-refractivity contribution in [1.29, 1.82) is 0 Å². The molecule has 2 heterocycles. The molecule has 1 aromatic heterocycles. The topological polar surface area (TPSA) is 56.4 Å². The van der Waals surface area contributed by atoms with E-state index in [9.17, 15) is 9.59 Å². The van der Waals surface area contributed by atoms with E-state index in [1.165, 1.54) is 0 Å². The van der Waals surface area contributed by atoms with Crippen molar-refractivity contribution in [2.24, 2.45) is 0 Å². The van der Waals surface area contributed by atoms with Crippen LogP contribution in [0.5, 0.6) is 0 Å². The van der Waals surface area contributed by atoms with Gasteiger partial charge in [0.15, 0.2) is 11.6 Å². The molecule has 0 saturated carbocycles. The number of piperazine rings is 1. The molecule has 1 aliphatic heterocycles. The largest absolute Gasteiger partial charge is 0.355 e. The number of hydrogen-bond acceptors (Lipinski definition) is 4. The summed E-state index contributed by atoms with van der Waals surface area (Å²) in [6.45, 7) is 11.0. The highest BCUT2D eigenvalue weighted by Crippen LogP contribution is 2.21. The number of likely N-dealkylation sites (N-methyl/N-ethyl adjacent to an activating group) is 1. The SMILES string of the molecule is CC(=O)c1c(C)[nH]c(C(=O)[C@@H](C)N2CCN(C)CC2)c1C. The lowest BCUT2D eigenvalue weighted by Crippen LogP contribution is -2.50. The average Bonchev–Trinajstić information content (AvgIpc) is 2.73. The minimum Gasteiger partial charge on any atom is -0.355 e. The van der Waals surface area contributed by atoms with Crippen LogP contribution in [0.4, 0.5) is 0 Å². The van der Waals surface area contributed by atoms with Crippen molar-refractivity contribution in [3.63, 3.8) is 0 Å². The summed E-state index contributed by atoms with van der Waals surface area (Å²) < 4.78 is 0. The van der Waals surface area contributed by atoms with Crippen molar-refractivity contribution >= 4 is 11.6 Å². The van der Waals surface area contributed by atoms with Crippen LogP contribution in [0.15, 0.2) is 0 Å². The number of aromatic nitrogens is 1. The van der Waals surface area contributed by atoms with Crippen LogP contribution >= 0.6 is 0 Å². The molecule has 1 N–H and O–H groups in total. The Balaban J connectivity index is 2.20. The molecule has 0 spiro atoms. The van der Waals surface area contributed by atoms with Gasteiger partial charge in [-0.15, -0.1) is 0 Å². The lowest BCUT2D eigenvalue weighted by atomic mass is 10.0. The van der Waals surface area contributed by atoms with Gasteiger partial charge in [0.05, 0.1) is 11.7 Å². The number of nitrogens with zero attached hydrogens (tertiary/aromatic N) is 2. The van der Waals surface area contributed by atoms with Crippen molar-refractivity contribution in [1.82, 2.24) is 14.8 Å². The summed E-state index contributed by atoms with van der Waals surface area (Å²) in [5.74, 6) is 0.0835. The zero-order valence-corrected chi connectivity index (χ0v) is 13.6. The van der Waals surface area contributed by atoms with Crippen molar-refractivity contribution in [3.05, 3.63) is 22.5 Å². The van der Waals surface area contributed by atoms with Crippen molar-refractivity contribution in [2.75, 3.05) is 33.2 Å². The van der Waals surface area contributed by atoms with Crippen LogP contribution in [0.1, 0.15) is 46.0 Å². The Labute approximate surface area is 126 Å². The van der Waals surface area contributed by atoms with E-state index < -0.39 is 0 Å². The third-order valence-electron chi connectivity index (χ3n) is 4.50. The maximum atomic E-state index is 12.7. The summed E-state index contributed by atoms with van der Waals surface area (Å²) in [6, 6.07) is -0.157. The molecule has 116 valence electrons. The molecule has 0 unspecified atom stereocenters. The Morgan fingerprint density at radius 3 is 2.19 bits per heavy atom. The summed E-state index contributed by atoms with van der Waals surface area (Å²) in [7, 11) is 2.10. The number of carbonyl (C=O) groups excluding carboxylic acids is 2. The van der Waals surface area contributed by atoms with Gasteiger partial charge >= 0.3 is 0 Å². The van der Waals surface area contributed by atoms with E-state index in [4.69, 9.17) is 0 Å². The highest BCUT2D eigenvalue weighted by atomic mass is 16.1. The smallest absolute Gasteiger partial charge is 0.196 e. The number of nitrogens with one attached hydrogen (secondary N) is 1. The second-order valence-corrected chi connectivity index (χ2v) is 6.06. The van der Waals surface area contributed by atoms with Gasteiger partial charge in [-0.25, -0.2) is 0 Å². The average molecular weight is 291 g/mol. The van der Waals surface area contributed by atoms with Crippen molar-refractivity contribution in [3.8, 4) is 0 Å². The van der Waals surface area contributed by atoms with Gasteiger partial charge in [0.2, 0.25) is 0 Å². The van der Waals surface area contributed by atoms with Crippen LogP contribution in [0.2, 0.25) is 0 Å². The molecular weight excluding hydrogens is 266 g/mol. The van der Waals surface area contributed by atoms with Crippen LogP contribution in [-0.2, 0) is 0 Å². The fourth-order valence-electron chi connectivity index (χ4n) is 3.11. The molecule has 1 saturated heterocycles.